The molecule has 0 saturated heterocycles. The zero-order valence-corrected chi connectivity index (χ0v) is 10.6. The van der Waals surface area contributed by atoms with Crippen LogP contribution in [0.1, 0.15) is 42.5 Å². The summed E-state index contributed by atoms with van der Waals surface area (Å²) in [5.41, 5.74) is 6.78. The summed E-state index contributed by atoms with van der Waals surface area (Å²) in [6.45, 7) is 0. The Morgan fingerprint density at radius 1 is 1.28 bits per heavy atom. The van der Waals surface area contributed by atoms with Crippen LogP contribution >= 0.6 is 0 Å². The number of benzene rings is 1. The minimum Gasteiger partial charge on any atom is -0.489 e. The molecule has 0 atom stereocenters. The summed E-state index contributed by atoms with van der Waals surface area (Å²) in [4.78, 5) is 11.6. The molecular formula is C14H19NO3. The van der Waals surface area contributed by atoms with Crippen molar-refractivity contribution in [3.8, 4) is 5.75 Å². The van der Waals surface area contributed by atoms with Gasteiger partial charge >= 0.3 is 5.97 Å². The van der Waals surface area contributed by atoms with Gasteiger partial charge in [-0.15, -0.1) is 0 Å². The normalized spacial score (nSPS) is 16.3. The molecule has 4 heteroatoms. The van der Waals surface area contributed by atoms with E-state index in [-0.39, 0.29) is 12.1 Å². The topological polar surface area (TPSA) is 61.5 Å². The molecule has 0 aromatic heterocycles. The van der Waals surface area contributed by atoms with Crippen molar-refractivity contribution in [1.82, 2.24) is 0 Å². The van der Waals surface area contributed by atoms with Crippen LogP contribution in [0, 0.1) is 0 Å². The Balaban J connectivity index is 2.18. The van der Waals surface area contributed by atoms with E-state index in [2.05, 4.69) is 0 Å². The first-order valence-corrected chi connectivity index (χ1v) is 6.35. The highest BCUT2D eigenvalue weighted by Crippen LogP contribution is 2.28. The molecular weight excluding hydrogens is 230 g/mol. The second kappa shape index (κ2) is 5.76. The van der Waals surface area contributed by atoms with Gasteiger partial charge in [0, 0.05) is 11.8 Å². The Morgan fingerprint density at radius 3 is 2.67 bits per heavy atom. The van der Waals surface area contributed by atoms with Crippen molar-refractivity contribution in [1.29, 1.82) is 0 Å². The van der Waals surface area contributed by atoms with Crippen molar-refractivity contribution in [2.45, 2.75) is 38.2 Å². The molecule has 0 spiro atoms. The molecule has 98 valence electrons. The van der Waals surface area contributed by atoms with E-state index < -0.39 is 0 Å². The first kappa shape index (κ1) is 12.7. The first-order chi connectivity index (χ1) is 8.70. The largest absolute Gasteiger partial charge is 0.489 e. The number of nitrogen functional groups attached to an aromatic ring is 1. The lowest BCUT2D eigenvalue weighted by Gasteiger charge is -2.24. The van der Waals surface area contributed by atoms with E-state index >= 15 is 0 Å². The molecule has 0 unspecified atom stereocenters. The summed E-state index contributed by atoms with van der Waals surface area (Å²) in [7, 11) is 1.36. The minimum atomic E-state index is -0.388. The van der Waals surface area contributed by atoms with Gasteiger partial charge in [-0.2, -0.15) is 0 Å². The molecule has 18 heavy (non-hydrogen) atoms. The molecule has 0 radical (unpaired) electrons. The molecule has 1 aliphatic carbocycles. The fraction of sp³-hybridized carbons (Fsp3) is 0.500. The van der Waals surface area contributed by atoms with E-state index in [0.29, 0.717) is 17.0 Å². The van der Waals surface area contributed by atoms with E-state index in [1.54, 1.807) is 18.2 Å². The van der Waals surface area contributed by atoms with Gasteiger partial charge in [0.1, 0.15) is 11.3 Å². The van der Waals surface area contributed by atoms with Gasteiger partial charge in [0.2, 0.25) is 0 Å². The molecule has 2 N–H and O–H groups in total. The number of hydrogen-bond donors (Lipinski definition) is 1. The standard InChI is InChI=1S/C14H19NO3/c1-17-14(16)12-8-7-10(15)9-13(12)18-11-5-3-2-4-6-11/h7-9,11H,2-6,15H2,1H3. The molecule has 1 aromatic carbocycles. The van der Waals surface area contributed by atoms with Gasteiger partial charge < -0.3 is 15.2 Å². The van der Waals surface area contributed by atoms with E-state index in [0.717, 1.165) is 12.8 Å². The molecule has 1 aliphatic rings. The fourth-order valence-electron chi connectivity index (χ4n) is 2.28. The van der Waals surface area contributed by atoms with Gasteiger partial charge in [-0.3, -0.25) is 0 Å². The fourth-order valence-corrected chi connectivity index (χ4v) is 2.28. The monoisotopic (exact) mass is 249 g/mol. The maximum Gasteiger partial charge on any atom is 0.341 e. The molecule has 0 amide bonds. The predicted molar refractivity (Wildman–Crippen MR) is 69.7 cm³/mol. The molecule has 1 fully saturated rings. The number of nitrogens with two attached hydrogens (primary N) is 1. The number of methoxy groups -OCH3 is 1. The lowest BCUT2D eigenvalue weighted by atomic mass is 9.97. The number of carbonyl (C=O) groups excluding carboxylic acids is 1. The van der Waals surface area contributed by atoms with Gasteiger partial charge in [-0.1, -0.05) is 6.42 Å². The van der Waals surface area contributed by atoms with Crippen LogP contribution in [0.25, 0.3) is 0 Å². The van der Waals surface area contributed by atoms with Crippen LogP contribution in [0.15, 0.2) is 18.2 Å². The third-order valence-electron chi connectivity index (χ3n) is 3.26. The average molecular weight is 249 g/mol. The lowest BCUT2D eigenvalue weighted by Crippen LogP contribution is -2.21. The van der Waals surface area contributed by atoms with Crippen LogP contribution in [-0.4, -0.2) is 19.2 Å². The molecule has 0 heterocycles. The molecule has 1 aromatic rings. The van der Waals surface area contributed by atoms with Gasteiger partial charge in [0.25, 0.3) is 0 Å². The maximum absolute atomic E-state index is 11.6. The number of rotatable bonds is 3. The van der Waals surface area contributed by atoms with Gasteiger partial charge in [-0.05, 0) is 37.8 Å². The molecule has 0 bridgehead atoms. The Kier molecular flexibility index (Phi) is 4.07. The summed E-state index contributed by atoms with van der Waals surface area (Å²) in [5, 5.41) is 0. The average Bonchev–Trinajstić information content (AvgIpc) is 2.39. The van der Waals surface area contributed by atoms with Crippen LogP contribution < -0.4 is 10.5 Å². The van der Waals surface area contributed by atoms with Crippen molar-refractivity contribution in [2.75, 3.05) is 12.8 Å². The zero-order chi connectivity index (χ0) is 13.0. The summed E-state index contributed by atoms with van der Waals surface area (Å²) in [5.74, 6) is 0.148. The summed E-state index contributed by atoms with van der Waals surface area (Å²) in [6, 6.07) is 5.03. The van der Waals surface area contributed by atoms with Crippen molar-refractivity contribution in [3.63, 3.8) is 0 Å². The third-order valence-corrected chi connectivity index (χ3v) is 3.26. The summed E-state index contributed by atoms with van der Waals surface area (Å²) >= 11 is 0. The SMILES string of the molecule is COC(=O)c1ccc(N)cc1OC1CCCCC1. The Labute approximate surface area is 107 Å². The van der Waals surface area contributed by atoms with E-state index in [9.17, 15) is 4.79 Å². The Bertz CT molecular complexity index is 425. The van der Waals surface area contributed by atoms with Crippen molar-refractivity contribution in [3.05, 3.63) is 23.8 Å². The van der Waals surface area contributed by atoms with Gasteiger partial charge in [-0.25, -0.2) is 4.79 Å². The van der Waals surface area contributed by atoms with Crippen molar-refractivity contribution >= 4 is 11.7 Å². The minimum absolute atomic E-state index is 0.184. The molecule has 1 saturated carbocycles. The lowest BCUT2D eigenvalue weighted by molar-refractivity contribution is 0.0590. The van der Waals surface area contributed by atoms with E-state index in [1.165, 1.54) is 26.4 Å². The molecule has 4 nitrogen and oxygen atoms in total. The summed E-state index contributed by atoms with van der Waals surface area (Å²) < 4.78 is 10.7. The number of carbonyl (C=O) groups is 1. The number of esters is 1. The van der Waals surface area contributed by atoms with Gasteiger partial charge in [0.15, 0.2) is 0 Å². The quantitative estimate of drug-likeness (QED) is 0.661. The zero-order valence-electron chi connectivity index (χ0n) is 10.6. The Morgan fingerprint density at radius 2 is 2.00 bits per heavy atom. The van der Waals surface area contributed by atoms with Crippen molar-refractivity contribution < 1.29 is 14.3 Å². The van der Waals surface area contributed by atoms with Crippen LogP contribution in [0.3, 0.4) is 0 Å². The highest BCUT2D eigenvalue weighted by Gasteiger charge is 2.19. The predicted octanol–water partition coefficient (Wildman–Crippen LogP) is 2.77. The first-order valence-electron chi connectivity index (χ1n) is 6.35. The smallest absolute Gasteiger partial charge is 0.341 e. The maximum atomic E-state index is 11.6. The third kappa shape index (κ3) is 2.94. The highest BCUT2D eigenvalue weighted by atomic mass is 16.5. The molecule has 2 rings (SSSR count). The highest BCUT2D eigenvalue weighted by molar-refractivity contribution is 5.93. The van der Waals surface area contributed by atoms with Crippen LogP contribution in [0.2, 0.25) is 0 Å². The number of ether oxygens (including phenoxy) is 2. The summed E-state index contributed by atoms with van der Waals surface area (Å²) in [6.07, 6.45) is 5.89. The van der Waals surface area contributed by atoms with E-state index in [4.69, 9.17) is 15.2 Å². The van der Waals surface area contributed by atoms with Crippen LogP contribution in [0.5, 0.6) is 5.75 Å². The second-order valence-corrected chi connectivity index (χ2v) is 4.63. The van der Waals surface area contributed by atoms with Gasteiger partial charge in [0.05, 0.1) is 13.2 Å². The van der Waals surface area contributed by atoms with Crippen LogP contribution in [-0.2, 0) is 4.74 Å². The van der Waals surface area contributed by atoms with Crippen molar-refractivity contribution in [2.24, 2.45) is 0 Å². The second-order valence-electron chi connectivity index (χ2n) is 4.63. The molecule has 0 aliphatic heterocycles. The van der Waals surface area contributed by atoms with Crippen LogP contribution in [0.4, 0.5) is 5.69 Å². The Hall–Kier alpha value is -1.71. The number of anilines is 1. The van der Waals surface area contributed by atoms with E-state index in [1.807, 2.05) is 0 Å². The number of hydrogen-bond acceptors (Lipinski definition) is 4.